The first-order chi connectivity index (χ1) is 11.2. The molecule has 1 aromatic carbocycles. The van der Waals surface area contributed by atoms with Crippen molar-refractivity contribution in [1.29, 1.82) is 0 Å². The maximum Gasteiger partial charge on any atom is 0.418 e. The summed E-state index contributed by atoms with van der Waals surface area (Å²) >= 11 is 0. The Morgan fingerprint density at radius 2 is 1.79 bits per heavy atom. The van der Waals surface area contributed by atoms with Gasteiger partial charge in [-0.3, -0.25) is 15.6 Å². The summed E-state index contributed by atoms with van der Waals surface area (Å²) in [6.45, 7) is 0. The van der Waals surface area contributed by atoms with Crippen LogP contribution in [0.5, 0.6) is 0 Å². The van der Waals surface area contributed by atoms with Crippen LogP contribution in [0.15, 0.2) is 24.3 Å². The van der Waals surface area contributed by atoms with E-state index in [1.165, 1.54) is 18.2 Å². The van der Waals surface area contributed by atoms with Gasteiger partial charge in [-0.25, -0.2) is 8.42 Å². The van der Waals surface area contributed by atoms with Crippen molar-refractivity contribution in [2.75, 3.05) is 11.2 Å². The molecule has 24 heavy (non-hydrogen) atoms. The summed E-state index contributed by atoms with van der Waals surface area (Å²) in [4.78, 5) is 11.7. The third-order valence-electron chi connectivity index (χ3n) is 3.99. The molecule has 0 spiro atoms. The molecule has 0 heterocycles. The highest BCUT2D eigenvalue weighted by Crippen LogP contribution is 2.34. The maximum atomic E-state index is 12.8. The molecule has 5 nitrogen and oxygen atoms in total. The average molecular weight is 364 g/mol. The second-order valence-electron chi connectivity index (χ2n) is 5.74. The molecule has 1 aromatic rings. The maximum absolute atomic E-state index is 12.8. The smallest absolute Gasteiger partial charge is 0.298 e. The summed E-state index contributed by atoms with van der Waals surface area (Å²) in [6.07, 6.45) is -1.89. The molecule has 1 aliphatic carbocycles. The van der Waals surface area contributed by atoms with Crippen molar-refractivity contribution in [1.82, 2.24) is 5.43 Å². The Balaban J connectivity index is 1.88. The fourth-order valence-corrected chi connectivity index (χ4v) is 4.54. The number of anilines is 1. The molecule has 0 bridgehead atoms. The van der Waals surface area contributed by atoms with Gasteiger partial charge in [0.25, 0.3) is 0 Å². The Bertz CT molecular complexity index is 683. The van der Waals surface area contributed by atoms with Crippen LogP contribution in [0.2, 0.25) is 0 Å². The van der Waals surface area contributed by atoms with Crippen molar-refractivity contribution in [3.63, 3.8) is 0 Å². The third kappa shape index (κ3) is 4.86. The Labute approximate surface area is 138 Å². The molecule has 0 aliphatic heterocycles. The molecule has 134 valence electrons. The largest absolute Gasteiger partial charge is 0.418 e. The van der Waals surface area contributed by atoms with E-state index < -0.39 is 32.7 Å². The van der Waals surface area contributed by atoms with Gasteiger partial charge in [-0.2, -0.15) is 13.2 Å². The second kappa shape index (κ2) is 7.42. The van der Waals surface area contributed by atoms with E-state index in [1.807, 2.05) is 0 Å². The van der Waals surface area contributed by atoms with Gasteiger partial charge in [-0.1, -0.05) is 25.0 Å². The quantitative estimate of drug-likeness (QED) is 0.761. The molecule has 0 atom stereocenters. The summed E-state index contributed by atoms with van der Waals surface area (Å²) < 4.78 is 62.5. The summed E-state index contributed by atoms with van der Waals surface area (Å²) in [5, 5.41) is -0.399. The molecule has 1 fully saturated rings. The summed E-state index contributed by atoms with van der Waals surface area (Å²) in [5.74, 6) is -0.972. The zero-order chi connectivity index (χ0) is 17.8. The summed E-state index contributed by atoms with van der Waals surface area (Å²) in [5.41, 5.74) is 3.12. The van der Waals surface area contributed by atoms with E-state index in [4.69, 9.17) is 0 Å². The monoisotopic (exact) mass is 364 g/mol. The minimum Gasteiger partial charge on any atom is -0.298 e. The van der Waals surface area contributed by atoms with E-state index in [0.717, 1.165) is 18.9 Å². The first kappa shape index (κ1) is 18.6. The predicted octanol–water partition coefficient (Wildman–Crippen LogP) is 2.90. The number of carbonyl (C=O) groups is 1. The molecule has 0 radical (unpaired) electrons. The zero-order valence-electron chi connectivity index (χ0n) is 12.9. The van der Waals surface area contributed by atoms with Gasteiger partial charge in [0.05, 0.1) is 22.3 Å². The number of alkyl halides is 3. The van der Waals surface area contributed by atoms with Crippen LogP contribution in [0, 0.1) is 0 Å². The van der Waals surface area contributed by atoms with Crippen molar-refractivity contribution < 1.29 is 26.4 Å². The van der Waals surface area contributed by atoms with Crippen molar-refractivity contribution in [3.8, 4) is 0 Å². The number of sulfone groups is 1. The van der Waals surface area contributed by atoms with Crippen molar-refractivity contribution in [2.24, 2.45) is 0 Å². The molecule has 2 rings (SSSR count). The van der Waals surface area contributed by atoms with Gasteiger partial charge < -0.3 is 0 Å². The van der Waals surface area contributed by atoms with Crippen LogP contribution in [0.3, 0.4) is 0 Å². The number of hydrogen-bond donors (Lipinski definition) is 2. The lowest BCUT2D eigenvalue weighted by Crippen LogP contribution is -2.33. The van der Waals surface area contributed by atoms with Gasteiger partial charge in [0, 0.05) is 6.42 Å². The zero-order valence-corrected chi connectivity index (χ0v) is 13.7. The lowest BCUT2D eigenvalue weighted by molar-refractivity contribution is -0.137. The average Bonchev–Trinajstić information content (AvgIpc) is 3.06. The van der Waals surface area contributed by atoms with Crippen LogP contribution in [-0.4, -0.2) is 25.3 Å². The van der Waals surface area contributed by atoms with Crippen LogP contribution >= 0.6 is 0 Å². The molecular formula is C15H19F3N2O3S. The molecular weight excluding hydrogens is 345 g/mol. The standard InChI is InChI=1S/C15H19F3N2O3S/c16-15(17,18)12-7-3-4-8-13(12)19-20-14(21)9-10-24(22,23)11-5-1-2-6-11/h3-4,7-8,11,19H,1-2,5-6,9-10H2,(H,20,21). The molecule has 9 heteroatoms. The number of carbonyl (C=O) groups excluding carboxylic acids is 1. The molecule has 1 saturated carbocycles. The van der Waals surface area contributed by atoms with E-state index in [9.17, 15) is 26.4 Å². The number of amides is 1. The third-order valence-corrected chi connectivity index (χ3v) is 6.25. The minimum atomic E-state index is -4.56. The minimum absolute atomic E-state index is 0.292. The van der Waals surface area contributed by atoms with E-state index >= 15 is 0 Å². The van der Waals surface area contributed by atoms with E-state index in [1.54, 1.807) is 0 Å². The van der Waals surface area contributed by atoms with Gasteiger partial charge in [-0.05, 0) is 25.0 Å². The van der Waals surface area contributed by atoms with Crippen molar-refractivity contribution in [2.45, 2.75) is 43.5 Å². The van der Waals surface area contributed by atoms with Crippen molar-refractivity contribution >= 4 is 21.4 Å². The van der Waals surface area contributed by atoms with Crippen LogP contribution in [0.25, 0.3) is 0 Å². The molecule has 0 saturated heterocycles. The highest BCUT2D eigenvalue weighted by atomic mass is 32.2. The fraction of sp³-hybridized carbons (Fsp3) is 0.533. The Morgan fingerprint density at radius 1 is 1.17 bits per heavy atom. The lowest BCUT2D eigenvalue weighted by atomic mass is 10.2. The number of benzene rings is 1. The molecule has 1 amide bonds. The van der Waals surface area contributed by atoms with Gasteiger partial charge >= 0.3 is 6.18 Å². The van der Waals surface area contributed by atoms with E-state index in [0.29, 0.717) is 12.8 Å². The highest BCUT2D eigenvalue weighted by molar-refractivity contribution is 7.92. The SMILES string of the molecule is O=C(CCS(=O)(=O)C1CCCC1)NNc1ccccc1C(F)(F)F. The Morgan fingerprint density at radius 3 is 2.42 bits per heavy atom. The van der Waals surface area contributed by atoms with Crippen LogP contribution < -0.4 is 10.9 Å². The van der Waals surface area contributed by atoms with Crippen molar-refractivity contribution in [3.05, 3.63) is 29.8 Å². The lowest BCUT2D eigenvalue weighted by Gasteiger charge is -2.15. The molecule has 2 N–H and O–H groups in total. The number of hydrazine groups is 1. The second-order valence-corrected chi connectivity index (χ2v) is 8.14. The fourth-order valence-electron chi connectivity index (χ4n) is 2.69. The van der Waals surface area contributed by atoms with Gasteiger partial charge in [0.1, 0.15) is 0 Å². The number of nitrogens with one attached hydrogen (secondary N) is 2. The first-order valence-corrected chi connectivity index (χ1v) is 9.34. The number of para-hydroxylation sites is 1. The summed E-state index contributed by atoms with van der Waals surface area (Å²) in [6, 6.07) is 4.70. The predicted molar refractivity (Wildman–Crippen MR) is 83.9 cm³/mol. The van der Waals surface area contributed by atoms with Gasteiger partial charge in [0.15, 0.2) is 9.84 Å². The molecule has 0 unspecified atom stereocenters. The number of rotatable bonds is 6. The normalized spacial score (nSPS) is 16.1. The number of halogens is 3. The Kier molecular flexibility index (Phi) is 5.74. The molecule has 1 aliphatic rings. The topological polar surface area (TPSA) is 75.3 Å². The first-order valence-electron chi connectivity index (χ1n) is 7.63. The molecule has 0 aromatic heterocycles. The van der Waals surface area contributed by atoms with Crippen LogP contribution in [0.1, 0.15) is 37.7 Å². The van der Waals surface area contributed by atoms with E-state index in [2.05, 4.69) is 10.9 Å². The number of hydrogen-bond acceptors (Lipinski definition) is 4. The van der Waals surface area contributed by atoms with Gasteiger partial charge in [-0.15, -0.1) is 0 Å². The highest BCUT2D eigenvalue weighted by Gasteiger charge is 2.33. The van der Waals surface area contributed by atoms with Crippen LogP contribution in [-0.2, 0) is 20.8 Å². The van der Waals surface area contributed by atoms with Gasteiger partial charge in [0.2, 0.25) is 5.91 Å². The van der Waals surface area contributed by atoms with E-state index in [-0.39, 0.29) is 17.9 Å². The van der Waals surface area contributed by atoms with Crippen LogP contribution in [0.4, 0.5) is 18.9 Å². The summed E-state index contributed by atoms with van der Waals surface area (Å²) in [7, 11) is -3.34. The Hall–Kier alpha value is -1.77.